The van der Waals surface area contributed by atoms with Crippen molar-refractivity contribution in [3.63, 3.8) is 0 Å². The summed E-state index contributed by atoms with van der Waals surface area (Å²) in [6.45, 7) is 3.90. The summed E-state index contributed by atoms with van der Waals surface area (Å²) in [6.07, 6.45) is 4.69. The van der Waals surface area contributed by atoms with Crippen LogP contribution in [0.4, 0.5) is 0 Å². The van der Waals surface area contributed by atoms with E-state index < -0.39 is 0 Å². The van der Waals surface area contributed by atoms with Gasteiger partial charge in [-0.25, -0.2) is 9.97 Å². The predicted molar refractivity (Wildman–Crippen MR) is 59.8 cm³/mol. The summed E-state index contributed by atoms with van der Waals surface area (Å²) in [7, 11) is 0. The maximum Gasteiger partial charge on any atom is 0.129 e. The molecule has 16 heavy (non-hydrogen) atoms. The third-order valence-corrected chi connectivity index (χ3v) is 3.21. The van der Waals surface area contributed by atoms with Crippen molar-refractivity contribution in [1.29, 1.82) is 0 Å². The smallest absolute Gasteiger partial charge is 0.129 e. The van der Waals surface area contributed by atoms with E-state index in [0.29, 0.717) is 5.69 Å². The van der Waals surface area contributed by atoms with Crippen LogP contribution in [0.1, 0.15) is 31.3 Å². The van der Waals surface area contributed by atoms with Crippen molar-refractivity contribution in [3.8, 4) is 0 Å². The molecule has 4 heteroatoms. The van der Waals surface area contributed by atoms with Crippen molar-refractivity contribution in [3.05, 3.63) is 23.8 Å². The molecule has 1 aliphatic heterocycles. The minimum absolute atomic E-state index is 0.0185. The number of aliphatic hydroxyl groups is 1. The first kappa shape index (κ1) is 11.5. The highest BCUT2D eigenvalue weighted by atomic mass is 16.5. The van der Waals surface area contributed by atoms with Gasteiger partial charge in [0.15, 0.2) is 0 Å². The van der Waals surface area contributed by atoms with Gasteiger partial charge in [-0.1, -0.05) is 6.92 Å². The maximum atomic E-state index is 9.02. The van der Waals surface area contributed by atoms with Crippen LogP contribution < -0.4 is 0 Å². The Balaban J connectivity index is 2.07. The number of nitrogens with zero attached hydrogens (tertiary/aromatic N) is 2. The Hall–Kier alpha value is -1.00. The molecule has 0 unspecified atom stereocenters. The van der Waals surface area contributed by atoms with Crippen LogP contribution in [0.5, 0.6) is 0 Å². The zero-order valence-corrected chi connectivity index (χ0v) is 9.65. The zero-order valence-electron chi connectivity index (χ0n) is 9.65. The number of ether oxygens (including phenoxy) is 1. The molecule has 0 aromatic carbocycles. The van der Waals surface area contributed by atoms with E-state index >= 15 is 0 Å². The SMILES string of the molecule is CC1(Cc2nccc(CO)n2)CCOCC1. The highest BCUT2D eigenvalue weighted by molar-refractivity contribution is 5.03. The number of aliphatic hydroxyl groups excluding tert-OH is 1. The Morgan fingerprint density at radius 3 is 2.88 bits per heavy atom. The molecular formula is C12H18N2O2. The van der Waals surface area contributed by atoms with Gasteiger partial charge in [0.2, 0.25) is 0 Å². The molecule has 2 rings (SSSR count). The van der Waals surface area contributed by atoms with Gasteiger partial charge in [-0.2, -0.15) is 0 Å². The highest BCUT2D eigenvalue weighted by Crippen LogP contribution is 2.32. The van der Waals surface area contributed by atoms with E-state index in [9.17, 15) is 0 Å². The van der Waals surface area contributed by atoms with Crippen molar-refractivity contribution < 1.29 is 9.84 Å². The summed E-state index contributed by atoms with van der Waals surface area (Å²) >= 11 is 0. The molecule has 0 amide bonds. The van der Waals surface area contributed by atoms with Gasteiger partial charge in [-0.15, -0.1) is 0 Å². The Labute approximate surface area is 95.7 Å². The molecule has 1 saturated heterocycles. The van der Waals surface area contributed by atoms with Gasteiger partial charge >= 0.3 is 0 Å². The van der Waals surface area contributed by atoms with Crippen LogP contribution in [0.2, 0.25) is 0 Å². The molecule has 1 aromatic rings. The molecule has 0 bridgehead atoms. The van der Waals surface area contributed by atoms with Gasteiger partial charge in [-0.3, -0.25) is 0 Å². The van der Waals surface area contributed by atoms with Crippen LogP contribution in [-0.4, -0.2) is 28.3 Å². The molecule has 0 atom stereocenters. The van der Waals surface area contributed by atoms with Gasteiger partial charge < -0.3 is 9.84 Å². The third-order valence-electron chi connectivity index (χ3n) is 3.21. The van der Waals surface area contributed by atoms with Gasteiger partial charge in [0.05, 0.1) is 12.3 Å². The summed E-state index contributed by atoms with van der Waals surface area (Å²) in [6, 6.07) is 1.75. The summed E-state index contributed by atoms with van der Waals surface area (Å²) in [5, 5.41) is 9.02. The van der Waals surface area contributed by atoms with E-state index in [-0.39, 0.29) is 12.0 Å². The number of rotatable bonds is 3. The minimum Gasteiger partial charge on any atom is -0.390 e. The highest BCUT2D eigenvalue weighted by Gasteiger charge is 2.28. The fourth-order valence-electron chi connectivity index (χ4n) is 2.04. The molecule has 0 radical (unpaired) electrons. The molecule has 88 valence electrons. The van der Waals surface area contributed by atoms with Crippen molar-refractivity contribution in [2.24, 2.45) is 5.41 Å². The van der Waals surface area contributed by atoms with Crippen LogP contribution in [0.25, 0.3) is 0 Å². The molecular weight excluding hydrogens is 204 g/mol. The quantitative estimate of drug-likeness (QED) is 0.838. The monoisotopic (exact) mass is 222 g/mol. The average molecular weight is 222 g/mol. The summed E-state index contributed by atoms with van der Waals surface area (Å²) in [5.74, 6) is 0.830. The van der Waals surface area contributed by atoms with Crippen LogP contribution in [0, 0.1) is 5.41 Å². The topological polar surface area (TPSA) is 55.2 Å². The average Bonchev–Trinajstić information content (AvgIpc) is 2.29. The molecule has 4 nitrogen and oxygen atoms in total. The lowest BCUT2D eigenvalue weighted by atomic mass is 9.79. The van der Waals surface area contributed by atoms with Gasteiger partial charge in [0.1, 0.15) is 5.82 Å². The van der Waals surface area contributed by atoms with E-state index in [1.165, 1.54) is 0 Å². The fraction of sp³-hybridized carbons (Fsp3) is 0.667. The molecule has 0 saturated carbocycles. The molecule has 0 aliphatic carbocycles. The molecule has 1 aliphatic rings. The van der Waals surface area contributed by atoms with Gasteiger partial charge in [-0.05, 0) is 24.3 Å². The summed E-state index contributed by atoms with van der Waals surface area (Å²) in [5.41, 5.74) is 0.937. The Kier molecular flexibility index (Phi) is 3.51. The maximum absolute atomic E-state index is 9.02. The summed E-state index contributed by atoms with van der Waals surface area (Å²) < 4.78 is 5.37. The van der Waals surface area contributed by atoms with Crippen molar-refractivity contribution in [2.75, 3.05) is 13.2 Å². The van der Waals surface area contributed by atoms with Crippen LogP contribution >= 0.6 is 0 Å². The van der Waals surface area contributed by atoms with Gasteiger partial charge in [0, 0.05) is 25.8 Å². The van der Waals surface area contributed by atoms with E-state index in [2.05, 4.69) is 16.9 Å². The van der Waals surface area contributed by atoms with E-state index in [0.717, 1.165) is 38.3 Å². The van der Waals surface area contributed by atoms with E-state index in [1.807, 2.05) is 0 Å². The lowest BCUT2D eigenvalue weighted by molar-refractivity contribution is 0.0231. The Bertz CT molecular complexity index is 349. The van der Waals surface area contributed by atoms with E-state index in [4.69, 9.17) is 9.84 Å². The number of hydrogen-bond donors (Lipinski definition) is 1. The lowest BCUT2D eigenvalue weighted by Crippen LogP contribution is -2.29. The van der Waals surface area contributed by atoms with Crippen LogP contribution in [0.3, 0.4) is 0 Å². The number of aromatic nitrogens is 2. The van der Waals surface area contributed by atoms with Crippen LogP contribution in [0.15, 0.2) is 12.3 Å². The second kappa shape index (κ2) is 4.89. The largest absolute Gasteiger partial charge is 0.390 e. The molecule has 2 heterocycles. The van der Waals surface area contributed by atoms with Gasteiger partial charge in [0.25, 0.3) is 0 Å². The van der Waals surface area contributed by atoms with E-state index in [1.54, 1.807) is 12.3 Å². The molecule has 1 N–H and O–H groups in total. The second-order valence-electron chi connectivity index (χ2n) is 4.72. The number of hydrogen-bond acceptors (Lipinski definition) is 4. The van der Waals surface area contributed by atoms with Crippen molar-refractivity contribution in [1.82, 2.24) is 9.97 Å². The molecule has 1 aromatic heterocycles. The molecule has 0 spiro atoms. The summed E-state index contributed by atoms with van der Waals surface area (Å²) in [4.78, 5) is 8.59. The fourth-order valence-corrected chi connectivity index (χ4v) is 2.04. The van der Waals surface area contributed by atoms with Crippen molar-refractivity contribution in [2.45, 2.75) is 32.8 Å². The first-order chi connectivity index (χ1) is 7.72. The van der Waals surface area contributed by atoms with Crippen LogP contribution in [-0.2, 0) is 17.8 Å². The molecule has 1 fully saturated rings. The standard InChI is InChI=1S/C12H18N2O2/c1-12(3-6-16-7-4-12)8-11-13-5-2-10(9-15)14-11/h2,5,15H,3-4,6-9H2,1H3. The lowest BCUT2D eigenvalue weighted by Gasteiger charge is -2.32. The first-order valence-corrected chi connectivity index (χ1v) is 5.71. The first-order valence-electron chi connectivity index (χ1n) is 5.71. The minimum atomic E-state index is -0.0185. The van der Waals surface area contributed by atoms with Crippen molar-refractivity contribution >= 4 is 0 Å². The third kappa shape index (κ3) is 2.77. The Morgan fingerprint density at radius 2 is 2.19 bits per heavy atom. The predicted octanol–water partition coefficient (Wildman–Crippen LogP) is 1.33. The zero-order chi connectivity index (χ0) is 11.4. The Morgan fingerprint density at radius 1 is 1.44 bits per heavy atom. The normalized spacial score (nSPS) is 19.6. The second-order valence-corrected chi connectivity index (χ2v) is 4.72.